The fraction of sp³-hybridized carbons (Fsp3) is 0.519. The van der Waals surface area contributed by atoms with Crippen LogP contribution in [0.5, 0.6) is 0 Å². The molecule has 2 unspecified atom stereocenters. The quantitative estimate of drug-likeness (QED) is 0.496. The molecule has 1 amide bonds. The van der Waals surface area contributed by atoms with Crippen molar-refractivity contribution < 1.29 is 15.0 Å². The summed E-state index contributed by atoms with van der Waals surface area (Å²) in [7, 11) is 0. The Hall–Kier alpha value is -1.79. The van der Waals surface area contributed by atoms with Gasteiger partial charge in [0.2, 0.25) is 0 Å². The van der Waals surface area contributed by atoms with Gasteiger partial charge < -0.3 is 15.1 Å². The zero-order valence-electron chi connectivity index (χ0n) is 20.1. The summed E-state index contributed by atoms with van der Waals surface area (Å²) in [5.41, 5.74) is 2.27. The van der Waals surface area contributed by atoms with Gasteiger partial charge in [0.05, 0.1) is 5.60 Å². The summed E-state index contributed by atoms with van der Waals surface area (Å²) < 4.78 is 0. The first-order chi connectivity index (χ1) is 16.0. The van der Waals surface area contributed by atoms with E-state index in [-0.39, 0.29) is 17.4 Å². The van der Waals surface area contributed by atoms with Crippen molar-refractivity contribution in [3.05, 3.63) is 58.1 Å². The molecule has 2 fully saturated rings. The van der Waals surface area contributed by atoms with Crippen molar-refractivity contribution in [2.24, 2.45) is 5.41 Å². The number of piperazine rings is 1. The van der Waals surface area contributed by atoms with Crippen molar-refractivity contribution in [1.29, 1.82) is 0 Å². The second-order valence-electron chi connectivity index (χ2n) is 10.9. The molecule has 1 saturated heterocycles. The number of carbonyl (C=O) groups is 1. The highest BCUT2D eigenvalue weighted by atomic mass is 35.5. The summed E-state index contributed by atoms with van der Waals surface area (Å²) in [6.07, 6.45) is 1.75. The van der Waals surface area contributed by atoms with Crippen LogP contribution in [0.15, 0.2) is 42.5 Å². The highest BCUT2D eigenvalue weighted by Gasteiger charge is 2.46. The molecule has 2 aliphatic rings. The van der Waals surface area contributed by atoms with Crippen molar-refractivity contribution in [1.82, 2.24) is 9.80 Å². The van der Waals surface area contributed by atoms with Crippen LogP contribution in [0.25, 0.3) is 11.1 Å². The van der Waals surface area contributed by atoms with E-state index in [1.165, 1.54) is 4.90 Å². The maximum absolute atomic E-state index is 11.6. The van der Waals surface area contributed by atoms with E-state index in [0.717, 1.165) is 36.0 Å². The third-order valence-corrected chi connectivity index (χ3v) is 7.99. The van der Waals surface area contributed by atoms with E-state index in [0.29, 0.717) is 36.2 Å². The Morgan fingerprint density at radius 2 is 1.68 bits per heavy atom. The average molecular weight is 505 g/mol. The van der Waals surface area contributed by atoms with Crippen molar-refractivity contribution in [2.45, 2.75) is 57.6 Å². The SMILES string of the molecule is CC(C)(C)C1CN(C(=O)O)CCN1CC(c1ccc(-c2cc(Cl)cc(Cl)c2)cc1)C1(O)CCC1. The van der Waals surface area contributed by atoms with Crippen molar-refractivity contribution in [3.63, 3.8) is 0 Å². The number of halogens is 2. The molecular weight excluding hydrogens is 471 g/mol. The summed E-state index contributed by atoms with van der Waals surface area (Å²) in [5, 5.41) is 22.2. The first-order valence-corrected chi connectivity index (χ1v) is 12.7. The molecule has 0 radical (unpaired) electrons. The predicted octanol–water partition coefficient (Wildman–Crippen LogP) is 6.37. The van der Waals surface area contributed by atoms with Gasteiger partial charge in [-0.3, -0.25) is 4.90 Å². The third kappa shape index (κ3) is 5.38. The van der Waals surface area contributed by atoms with E-state index in [1.54, 1.807) is 6.07 Å². The summed E-state index contributed by atoms with van der Waals surface area (Å²) in [6, 6.07) is 13.9. The molecule has 2 N–H and O–H groups in total. The van der Waals surface area contributed by atoms with Gasteiger partial charge in [0.1, 0.15) is 0 Å². The number of carboxylic acid groups (broad SMARTS) is 1. The van der Waals surface area contributed by atoms with Crippen molar-refractivity contribution >= 4 is 29.3 Å². The summed E-state index contributed by atoms with van der Waals surface area (Å²) >= 11 is 12.4. The van der Waals surface area contributed by atoms with E-state index in [9.17, 15) is 15.0 Å². The second-order valence-corrected chi connectivity index (χ2v) is 11.8. The molecule has 7 heteroatoms. The number of aliphatic hydroxyl groups is 1. The van der Waals surface area contributed by atoms with Gasteiger partial charge in [-0.05, 0) is 59.6 Å². The minimum absolute atomic E-state index is 0.0422. The van der Waals surface area contributed by atoms with E-state index in [4.69, 9.17) is 23.2 Å². The van der Waals surface area contributed by atoms with Crippen LogP contribution in [0.4, 0.5) is 4.79 Å². The molecule has 2 aromatic carbocycles. The lowest BCUT2D eigenvalue weighted by molar-refractivity contribution is -0.0765. The van der Waals surface area contributed by atoms with Crippen LogP contribution >= 0.6 is 23.2 Å². The van der Waals surface area contributed by atoms with Gasteiger partial charge in [0.25, 0.3) is 0 Å². The topological polar surface area (TPSA) is 64.0 Å². The fourth-order valence-corrected chi connectivity index (χ4v) is 5.90. The van der Waals surface area contributed by atoms with Crippen molar-refractivity contribution in [3.8, 4) is 11.1 Å². The maximum Gasteiger partial charge on any atom is 0.407 e. The van der Waals surface area contributed by atoms with Crippen molar-refractivity contribution in [2.75, 3.05) is 26.2 Å². The number of benzene rings is 2. The Bertz CT molecular complexity index is 1010. The Morgan fingerprint density at radius 3 is 2.18 bits per heavy atom. The van der Waals surface area contributed by atoms with Crippen LogP contribution < -0.4 is 0 Å². The first kappa shape index (κ1) is 25.3. The molecule has 1 saturated carbocycles. The van der Waals surface area contributed by atoms with Gasteiger partial charge in [-0.1, -0.05) is 68.2 Å². The highest BCUT2D eigenvalue weighted by molar-refractivity contribution is 6.35. The second kappa shape index (κ2) is 9.69. The molecule has 2 atom stereocenters. The molecule has 1 aliphatic carbocycles. The van der Waals surface area contributed by atoms with Crippen LogP contribution in [0.3, 0.4) is 0 Å². The number of rotatable bonds is 5. The number of hydrogen-bond donors (Lipinski definition) is 2. The Labute approximate surface area is 212 Å². The molecule has 0 bridgehead atoms. The summed E-state index contributed by atoms with van der Waals surface area (Å²) in [5.74, 6) is -0.0422. The Kier molecular flexibility index (Phi) is 7.21. The lowest BCUT2D eigenvalue weighted by atomic mass is 9.68. The standard InChI is InChI=1S/C27H34Cl2N2O3/c1-26(2,3)24-17-31(25(32)33)12-11-30(24)16-23(27(34)9-4-10-27)19-7-5-18(6-8-19)20-13-21(28)15-22(29)14-20/h5-8,13-15,23-24,34H,4,9-12,16-17H2,1-3H3,(H,32,33). The van der Waals surface area contributed by atoms with Gasteiger partial charge in [-0.25, -0.2) is 4.79 Å². The van der Waals surface area contributed by atoms with Crippen LogP contribution in [0.1, 0.15) is 51.5 Å². The summed E-state index contributed by atoms with van der Waals surface area (Å²) in [4.78, 5) is 15.5. The zero-order valence-corrected chi connectivity index (χ0v) is 21.6. The zero-order chi connectivity index (χ0) is 24.7. The lowest BCUT2D eigenvalue weighted by Crippen LogP contribution is -2.61. The minimum atomic E-state index is -0.861. The molecule has 4 rings (SSSR count). The Balaban J connectivity index is 1.61. The molecule has 5 nitrogen and oxygen atoms in total. The molecule has 34 heavy (non-hydrogen) atoms. The van der Waals surface area contributed by atoms with Gasteiger partial charge in [-0.2, -0.15) is 0 Å². The highest BCUT2D eigenvalue weighted by Crippen LogP contribution is 2.45. The van der Waals surface area contributed by atoms with Crippen LogP contribution in [0.2, 0.25) is 10.0 Å². The third-order valence-electron chi connectivity index (χ3n) is 7.56. The molecular formula is C27H34Cl2N2O3. The van der Waals surface area contributed by atoms with E-state index in [1.807, 2.05) is 12.1 Å². The van der Waals surface area contributed by atoms with Gasteiger partial charge >= 0.3 is 6.09 Å². The predicted molar refractivity (Wildman–Crippen MR) is 138 cm³/mol. The number of nitrogens with zero attached hydrogens (tertiary/aromatic N) is 2. The van der Waals surface area contributed by atoms with E-state index >= 15 is 0 Å². The smallest absolute Gasteiger partial charge is 0.407 e. The van der Waals surface area contributed by atoms with Crippen LogP contribution in [0, 0.1) is 5.41 Å². The van der Waals surface area contributed by atoms with Gasteiger partial charge in [0.15, 0.2) is 0 Å². The molecule has 2 aromatic rings. The van der Waals surface area contributed by atoms with Gasteiger partial charge in [0, 0.05) is 48.2 Å². The minimum Gasteiger partial charge on any atom is -0.465 e. The molecule has 184 valence electrons. The average Bonchev–Trinajstić information content (AvgIpc) is 2.74. The lowest BCUT2D eigenvalue weighted by Gasteiger charge is -2.51. The number of hydrogen-bond acceptors (Lipinski definition) is 3. The molecule has 1 heterocycles. The van der Waals surface area contributed by atoms with Crippen LogP contribution in [-0.4, -0.2) is 63.9 Å². The number of amides is 1. The van der Waals surface area contributed by atoms with E-state index in [2.05, 4.69) is 49.9 Å². The fourth-order valence-electron chi connectivity index (χ4n) is 5.37. The normalized spacial score (nSPS) is 21.7. The molecule has 1 aliphatic heterocycles. The molecule has 0 aromatic heterocycles. The first-order valence-electron chi connectivity index (χ1n) is 12.0. The van der Waals surface area contributed by atoms with E-state index < -0.39 is 11.7 Å². The molecule has 0 spiro atoms. The van der Waals surface area contributed by atoms with Gasteiger partial charge in [-0.15, -0.1) is 0 Å². The Morgan fingerprint density at radius 1 is 1.06 bits per heavy atom. The monoisotopic (exact) mass is 504 g/mol. The maximum atomic E-state index is 11.6. The largest absolute Gasteiger partial charge is 0.465 e. The van der Waals surface area contributed by atoms with Crippen LogP contribution in [-0.2, 0) is 0 Å². The summed E-state index contributed by atoms with van der Waals surface area (Å²) in [6.45, 7) is 8.82.